The minimum absolute atomic E-state index is 0.107. The molecule has 0 unspecified atom stereocenters. The molecule has 0 saturated carbocycles. The van der Waals surface area contributed by atoms with Crippen molar-refractivity contribution in [3.63, 3.8) is 0 Å². The Morgan fingerprint density at radius 3 is 2.17 bits per heavy atom. The smallest absolute Gasteiger partial charge is 0.307 e. The van der Waals surface area contributed by atoms with E-state index >= 15 is 0 Å². The predicted molar refractivity (Wildman–Crippen MR) is 71.2 cm³/mol. The molecule has 0 fully saturated rings. The lowest BCUT2D eigenvalue weighted by molar-refractivity contribution is -0.141. The molecule has 0 spiro atoms. The highest BCUT2D eigenvalue weighted by molar-refractivity contribution is 5.77. The molecule has 0 aromatic rings. The van der Waals surface area contributed by atoms with Crippen molar-refractivity contribution in [2.45, 2.75) is 26.7 Å². The normalized spacial score (nSPS) is 10.8. The summed E-state index contributed by atoms with van der Waals surface area (Å²) in [7, 11) is 5.29. The summed E-state index contributed by atoms with van der Waals surface area (Å²) in [6, 6.07) is 0. The van der Waals surface area contributed by atoms with E-state index in [0.717, 1.165) is 6.54 Å². The number of rotatable bonds is 8. The fourth-order valence-electron chi connectivity index (χ4n) is 1.49. The highest BCUT2D eigenvalue weighted by atomic mass is 16.5. The van der Waals surface area contributed by atoms with Gasteiger partial charge in [-0.3, -0.25) is 9.59 Å². The summed E-state index contributed by atoms with van der Waals surface area (Å²) in [5, 5.41) is 0. The second-order valence-corrected chi connectivity index (χ2v) is 5.11. The number of nitrogens with zero attached hydrogens (tertiary/aromatic N) is 2. The largest absolute Gasteiger partial charge is 0.469 e. The van der Waals surface area contributed by atoms with Crippen LogP contribution in [0, 0.1) is 5.92 Å². The van der Waals surface area contributed by atoms with Crippen molar-refractivity contribution >= 4 is 11.9 Å². The van der Waals surface area contributed by atoms with Gasteiger partial charge in [0.05, 0.1) is 13.5 Å². The highest BCUT2D eigenvalue weighted by Gasteiger charge is 2.16. The molecule has 5 heteroatoms. The minimum atomic E-state index is -0.276. The number of methoxy groups -OCH3 is 1. The minimum Gasteiger partial charge on any atom is -0.469 e. The Kier molecular flexibility index (Phi) is 8.37. The molecule has 18 heavy (non-hydrogen) atoms. The Hall–Kier alpha value is -1.10. The van der Waals surface area contributed by atoms with Gasteiger partial charge in [0, 0.05) is 26.1 Å². The molecule has 0 aliphatic carbocycles. The number of hydrogen-bond donors (Lipinski definition) is 0. The van der Waals surface area contributed by atoms with E-state index in [1.165, 1.54) is 7.11 Å². The van der Waals surface area contributed by atoms with Gasteiger partial charge < -0.3 is 14.5 Å². The molecular weight excluding hydrogens is 232 g/mol. The van der Waals surface area contributed by atoms with Crippen LogP contribution in [-0.2, 0) is 14.3 Å². The van der Waals surface area contributed by atoms with Gasteiger partial charge in [-0.05, 0) is 20.0 Å². The third-order valence-corrected chi connectivity index (χ3v) is 2.57. The van der Waals surface area contributed by atoms with Crippen molar-refractivity contribution in [1.82, 2.24) is 9.80 Å². The molecule has 0 radical (unpaired) electrons. The molecule has 0 aliphatic heterocycles. The summed E-state index contributed by atoms with van der Waals surface area (Å²) < 4.78 is 4.60. The van der Waals surface area contributed by atoms with Crippen molar-refractivity contribution in [3.05, 3.63) is 0 Å². The number of esters is 1. The predicted octanol–water partition coefficient (Wildman–Crippen LogP) is 0.986. The van der Waals surface area contributed by atoms with E-state index < -0.39 is 0 Å². The molecule has 1 amide bonds. The van der Waals surface area contributed by atoms with Crippen molar-refractivity contribution in [2.75, 3.05) is 40.8 Å². The van der Waals surface area contributed by atoms with Gasteiger partial charge in [0.15, 0.2) is 0 Å². The Morgan fingerprint density at radius 2 is 1.72 bits per heavy atom. The summed E-state index contributed by atoms with van der Waals surface area (Å²) in [6.45, 7) is 5.91. The van der Waals surface area contributed by atoms with Crippen molar-refractivity contribution in [1.29, 1.82) is 0 Å². The average Bonchev–Trinajstić information content (AvgIpc) is 2.27. The molecule has 0 rings (SSSR count). The van der Waals surface area contributed by atoms with Crippen LogP contribution in [0.15, 0.2) is 0 Å². The van der Waals surface area contributed by atoms with E-state index in [0.29, 0.717) is 25.4 Å². The third-order valence-electron chi connectivity index (χ3n) is 2.57. The second kappa shape index (κ2) is 8.91. The van der Waals surface area contributed by atoms with E-state index in [1.807, 2.05) is 32.8 Å². The maximum Gasteiger partial charge on any atom is 0.307 e. The monoisotopic (exact) mass is 258 g/mol. The van der Waals surface area contributed by atoms with E-state index in [9.17, 15) is 9.59 Å². The van der Waals surface area contributed by atoms with Crippen LogP contribution in [-0.4, -0.2) is 62.5 Å². The molecule has 0 N–H and O–H groups in total. The van der Waals surface area contributed by atoms with E-state index in [-0.39, 0.29) is 18.3 Å². The van der Waals surface area contributed by atoms with Crippen LogP contribution in [0.3, 0.4) is 0 Å². The molecule has 0 saturated heterocycles. The Balaban J connectivity index is 4.31. The standard InChI is InChI=1S/C13H26N2O3/c1-11(2)10-12(16)15(9-8-14(3)4)7-6-13(17)18-5/h11H,6-10H2,1-5H3. The molecule has 0 atom stereocenters. The number of hydrogen-bond acceptors (Lipinski definition) is 4. The van der Waals surface area contributed by atoms with Gasteiger partial charge in [-0.1, -0.05) is 13.8 Å². The molecule has 0 aromatic heterocycles. The summed E-state index contributed by atoms with van der Waals surface area (Å²) in [6.07, 6.45) is 0.780. The molecule has 0 aromatic carbocycles. The first-order valence-corrected chi connectivity index (χ1v) is 6.36. The first kappa shape index (κ1) is 16.9. The zero-order chi connectivity index (χ0) is 14.1. The lowest BCUT2D eigenvalue weighted by Crippen LogP contribution is -2.38. The number of amides is 1. The first-order chi connectivity index (χ1) is 8.36. The van der Waals surface area contributed by atoms with E-state index in [1.54, 1.807) is 4.90 Å². The van der Waals surface area contributed by atoms with Crippen LogP contribution < -0.4 is 0 Å². The summed E-state index contributed by atoms with van der Waals surface area (Å²) in [5.74, 6) is 0.162. The van der Waals surface area contributed by atoms with Gasteiger partial charge in [0.25, 0.3) is 0 Å². The maximum atomic E-state index is 12.0. The summed E-state index contributed by atoms with van der Waals surface area (Å²) >= 11 is 0. The fraction of sp³-hybridized carbons (Fsp3) is 0.846. The van der Waals surface area contributed by atoms with Gasteiger partial charge in [-0.15, -0.1) is 0 Å². The van der Waals surface area contributed by atoms with Crippen LogP contribution in [0.4, 0.5) is 0 Å². The number of carbonyl (C=O) groups excluding carboxylic acids is 2. The molecule has 0 aliphatic rings. The van der Waals surface area contributed by atoms with Crippen LogP contribution in [0.1, 0.15) is 26.7 Å². The molecule has 5 nitrogen and oxygen atoms in total. The van der Waals surface area contributed by atoms with E-state index in [4.69, 9.17) is 0 Å². The van der Waals surface area contributed by atoms with Gasteiger partial charge in [-0.2, -0.15) is 0 Å². The van der Waals surface area contributed by atoms with Gasteiger partial charge in [0.1, 0.15) is 0 Å². The summed E-state index contributed by atoms with van der Waals surface area (Å²) in [5.41, 5.74) is 0. The van der Waals surface area contributed by atoms with Crippen LogP contribution in [0.5, 0.6) is 0 Å². The average molecular weight is 258 g/mol. The lowest BCUT2D eigenvalue weighted by atomic mass is 10.1. The molecule has 106 valence electrons. The number of carbonyl (C=O) groups is 2. The zero-order valence-electron chi connectivity index (χ0n) is 12.2. The number of likely N-dealkylation sites (N-methyl/N-ethyl adjacent to an activating group) is 1. The lowest BCUT2D eigenvalue weighted by Gasteiger charge is -2.24. The summed E-state index contributed by atoms with van der Waals surface area (Å²) in [4.78, 5) is 26.9. The SMILES string of the molecule is COC(=O)CCN(CCN(C)C)C(=O)CC(C)C. The number of ether oxygens (including phenoxy) is 1. The van der Waals surface area contributed by atoms with E-state index in [2.05, 4.69) is 4.74 Å². The van der Waals surface area contributed by atoms with Crippen molar-refractivity contribution in [2.24, 2.45) is 5.92 Å². The maximum absolute atomic E-state index is 12.0. The van der Waals surface area contributed by atoms with Gasteiger partial charge >= 0.3 is 5.97 Å². The quantitative estimate of drug-likeness (QED) is 0.609. The Bertz CT molecular complexity index is 265. The van der Waals surface area contributed by atoms with Crippen molar-refractivity contribution in [3.8, 4) is 0 Å². The first-order valence-electron chi connectivity index (χ1n) is 6.36. The molecule has 0 heterocycles. The fourth-order valence-corrected chi connectivity index (χ4v) is 1.49. The van der Waals surface area contributed by atoms with Crippen LogP contribution in [0.2, 0.25) is 0 Å². The Labute approximate surface area is 110 Å². The van der Waals surface area contributed by atoms with Crippen LogP contribution in [0.25, 0.3) is 0 Å². The second-order valence-electron chi connectivity index (χ2n) is 5.11. The highest BCUT2D eigenvalue weighted by Crippen LogP contribution is 2.05. The topological polar surface area (TPSA) is 49.9 Å². The molecule has 0 bridgehead atoms. The van der Waals surface area contributed by atoms with Gasteiger partial charge in [0.2, 0.25) is 5.91 Å². The third kappa shape index (κ3) is 8.06. The van der Waals surface area contributed by atoms with Gasteiger partial charge in [-0.25, -0.2) is 0 Å². The van der Waals surface area contributed by atoms with Crippen LogP contribution >= 0.6 is 0 Å². The molecular formula is C13H26N2O3. The zero-order valence-corrected chi connectivity index (χ0v) is 12.2. The van der Waals surface area contributed by atoms with Crippen molar-refractivity contribution < 1.29 is 14.3 Å². The Morgan fingerprint density at radius 1 is 1.11 bits per heavy atom.